The first kappa shape index (κ1) is 19.7. The second-order valence-corrected chi connectivity index (χ2v) is 10.2. The van der Waals surface area contributed by atoms with Crippen molar-refractivity contribution in [1.82, 2.24) is 9.29 Å². The third-order valence-corrected chi connectivity index (χ3v) is 7.51. The maximum absolute atomic E-state index is 13.1. The number of rotatable bonds is 5. The van der Waals surface area contributed by atoms with Crippen LogP contribution in [-0.2, 0) is 14.8 Å². The maximum Gasteiger partial charge on any atom is 0.323 e. The Morgan fingerprint density at radius 1 is 1.19 bits per heavy atom. The Morgan fingerprint density at radius 3 is 2.37 bits per heavy atom. The lowest BCUT2D eigenvalue weighted by Crippen LogP contribution is -2.58. The molecular weight excluding hydrogens is 388 g/mol. The van der Waals surface area contributed by atoms with E-state index < -0.39 is 26.8 Å². The fourth-order valence-corrected chi connectivity index (χ4v) is 6.09. The van der Waals surface area contributed by atoms with E-state index in [0.717, 1.165) is 4.31 Å². The number of ether oxygens (including phenoxy) is 1. The molecule has 1 unspecified atom stereocenters. The Bertz CT molecular complexity index is 915. The zero-order valence-electron chi connectivity index (χ0n) is 14.9. The molecule has 2 aromatic rings. The molecule has 1 aliphatic rings. The SMILES string of the molecule is CC1(C)SCCN(S(=O)(=O)c2ccc(Oc3ccncc3)cc2)C1C(=O)O. The molecular formula is C18H20N2O5S2. The third-order valence-electron chi connectivity index (χ3n) is 4.28. The van der Waals surface area contributed by atoms with Crippen LogP contribution in [0.4, 0.5) is 0 Å². The minimum atomic E-state index is -3.94. The number of carboxylic acid groups (broad SMARTS) is 1. The normalized spacial score (nSPS) is 20.1. The van der Waals surface area contributed by atoms with E-state index in [1.165, 1.54) is 23.9 Å². The molecule has 144 valence electrons. The van der Waals surface area contributed by atoms with Gasteiger partial charge in [-0.15, -0.1) is 0 Å². The van der Waals surface area contributed by atoms with Gasteiger partial charge in [0.2, 0.25) is 10.0 Å². The van der Waals surface area contributed by atoms with Gasteiger partial charge in [-0.2, -0.15) is 16.1 Å². The molecule has 7 nitrogen and oxygen atoms in total. The molecule has 1 N–H and O–H groups in total. The van der Waals surface area contributed by atoms with Crippen LogP contribution in [0.25, 0.3) is 0 Å². The fourth-order valence-electron chi connectivity index (χ4n) is 2.99. The van der Waals surface area contributed by atoms with Crippen molar-refractivity contribution in [2.24, 2.45) is 0 Å². The van der Waals surface area contributed by atoms with Crippen LogP contribution < -0.4 is 4.74 Å². The lowest BCUT2D eigenvalue weighted by molar-refractivity contribution is -0.142. The number of thioether (sulfide) groups is 1. The second-order valence-electron chi connectivity index (χ2n) is 6.56. The summed E-state index contributed by atoms with van der Waals surface area (Å²) in [5.74, 6) is 0.457. The van der Waals surface area contributed by atoms with Crippen molar-refractivity contribution < 1.29 is 23.1 Å². The van der Waals surface area contributed by atoms with Gasteiger partial charge in [0.05, 0.1) is 4.90 Å². The quantitative estimate of drug-likeness (QED) is 0.812. The lowest BCUT2D eigenvalue weighted by atomic mass is 10.0. The summed E-state index contributed by atoms with van der Waals surface area (Å²) < 4.78 is 32.1. The van der Waals surface area contributed by atoms with Crippen molar-refractivity contribution in [2.45, 2.75) is 29.5 Å². The molecule has 1 aliphatic heterocycles. The van der Waals surface area contributed by atoms with E-state index in [1.807, 2.05) is 0 Å². The molecule has 0 saturated carbocycles. The van der Waals surface area contributed by atoms with Gasteiger partial charge in [-0.3, -0.25) is 9.78 Å². The number of carboxylic acids is 1. The van der Waals surface area contributed by atoms with E-state index in [-0.39, 0.29) is 11.4 Å². The number of benzene rings is 1. The molecule has 0 bridgehead atoms. The van der Waals surface area contributed by atoms with E-state index in [1.54, 1.807) is 50.5 Å². The fraction of sp³-hybridized carbons (Fsp3) is 0.333. The first-order chi connectivity index (χ1) is 12.7. The highest BCUT2D eigenvalue weighted by Crippen LogP contribution is 2.38. The number of pyridine rings is 1. The molecule has 1 aromatic carbocycles. The van der Waals surface area contributed by atoms with Gasteiger partial charge in [0.25, 0.3) is 0 Å². The Kier molecular flexibility index (Phi) is 5.45. The van der Waals surface area contributed by atoms with Crippen LogP contribution in [0.3, 0.4) is 0 Å². The standard InChI is InChI=1S/C18H20N2O5S2/c1-18(2)16(17(21)22)20(11-12-26-18)27(23,24)15-5-3-13(4-6-15)25-14-7-9-19-10-8-14/h3-10,16H,11-12H2,1-2H3,(H,21,22). The van der Waals surface area contributed by atoms with Crippen molar-refractivity contribution in [3.05, 3.63) is 48.8 Å². The van der Waals surface area contributed by atoms with Gasteiger partial charge in [0.1, 0.15) is 17.5 Å². The van der Waals surface area contributed by atoms with Gasteiger partial charge in [-0.25, -0.2) is 8.42 Å². The maximum atomic E-state index is 13.1. The summed E-state index contributed by atoms with van der Waals surface area (Å²) in [6, 6.07) is 8.21. The van der Waals surface area contributed by atoms with E-state index in [2.05, 4.69) is 4.98 Å². The number of hydrogen-bond acceptors (Lipinski definition) is 6. The van der Waals surface area contributed by atoms with Crippen LogP contribution in [0.2, 0.25) is 0 Å². The van der Waals surface area contributed by atoms with Gasteiger partial charge >= 0.3 is 5.97 Å². The Morgan fingerprint density at radius 2 is 1.78 bits per heavy atom. The molecule has 0 amide bonds. The van der Waals surface area contributed by atoms with Gasteiger partial charge in [-0.1, -0.05) is 0 Å². The molecule has 2 heterocycles. The van der Waals surface area contributed by atoms with E-state index in [0.29, 0.717) is 17.3 Å². The summed E-state index contributed by atoms with van der Waals surface area (Å²) >= 11 is 1.46. The summed E-state index contributed by atoms with van der Waals surface area (Å²) in [5.41, 5.74) is 0. The van der Waals surface area contributed by atoms with Crippen LogP contribution in [0.1, 0.15) is 13.8 Å². The summed E-state index contributed by atoms with van der Waals surface area (Å²) in [6.07, 6.45) is 3.19. The highest BCUT2D eigenvalue weighted by molar-refractivity contribution is 8.00. The average Bonchev–Trinajstić information content (AvgIpc) is 2.61. The van der Waals surface area contributed by atoms with Crippen LogP contribution in [0, 0.1) is 0 Å². The molecule has 1 saturated heterocycles. The van der Waals surface area contributed by atoms with Crippen LogP contribution >= 0.6 is 11.8 Å². The minimum Gasteiger partial charge on any atom is -0.480 e. The van der Waals surface area contributed by atoms with Gasteiger partial charge in [0, 0.05) is 29.4 Å². The predicted molar refractivity (Wildman–Crippen MR) is 103 cm³/mol. The number of hydrogen-bond donors (Lipinski definition) is 1. The van der Waals surface area contributed by atoms with Crippen LogP contribution in [0.5, 0.6) is 11.5 Å². The van der Waals surface area contributed by atoms with E-state index in [9.17, 15) is 18.3 Å². The summed E-state index contributed by atoms with van der Waals surface area (Å²) in [4.78, 5) is 15.7. The zero-order valence-corrected chi connectivity index (χ0v) is 16.5. The average molecular weight is 409 g/mol. The van der Waals surface area contributed by atoms with Gasteiger partial charge in [-0.05, 0) is 50.2 Å². The van der Waals surface area contributed by atoms with E-state index >= 15 is 0 Å². The molecule has 1 atom stereocenters. The molecule has 0 radical (unpaired) electrons. The molecule has 3 rings (SSSR count). The van der Waals surface area contributed by atoms with E-state index in [4.69, 9.17) is 4.74 Å². The topological polar surface area (TPSA) is 96.8 Å². The van der Waals surface area contributed by atoms with Crippen LogP contribution in [-0.4, -0.2) is 51.9 Å². The highest BCUT2D eigenvalue weighted by Gasteiger charge is 2.48. The molecule has 0 aliphatic carbocycles. The summed E-state index contributed by atoms with van der Waals surface area (Å²) in [7, 11) is -3.94. The zero-order chi connectivity index (χ0) is 19.7. The summed E-state index contributed by atoms with van der Waals surface area (Å²) in [5, 5.41) is 9.62. The Labute approximate surface area is 162 Å². The highest BCUT2D eigenvalue weighted by atomic mass is 32.2. The molecule has 1 aromatic heterocycles. The predicted octanol–water partition coefficient (Wildman–Crippen LogP) is 2.84. The number of aromatic nitrogens is 1. The molecule has 0 spiro atoms. The Hall–Kier alpha value is -2.10. The first-order valence-corrected chi connectivity index (χ1v) is 10.7. The van der Waals surface area contributed by atoms with Crippen molar-refractivity contribution in [3.63, 3.8) is 0 Å². The molecule has 9 heteroatoms. The largest absolute Gasteiger partial charge is 0.480 e. The van der Waals surface area contributed by atoms with Crippen molar-refractivity contribution in [3.8, 4) is 11.5 Å². The van der Waals surface area contributed by atoms with Crippen LogP contribution in [0.15, 0.2) is 53.7 Å². The second kappa shape index (κ2) is 7.49. The third kappa shape index (κ3) is 4.10. The lowest BCUT2D eigenvalue weighted by Gasteiger charge is -2.42. The van der Waals surface area contributed by atoms with Gasteiger partial charge in [0.15, 0.2) is 0 Å². The molecule has 27 heavy (non-hydrogen) atoms. The number of carbonyl (C=O) groups is 1. The smallest absolute Gasteiger partial charge is 0.323 e. The molecule has 1 fully saturated rings. The van der Waals surface area contributed by atoms with Gasteiger partial charge < -0.3 is 9.84 Å². The minimum absolute atomic E-state index is 0.0403. The van der Waals surface area contributed by atoms with Crippen molar-refractivity contribution in [2.75, 3.05) is 12.3 Å². The number of nitrogens with zero attached hydrogens (tertiary/aromatic N) is 2. The van der Waals surface area contributed by atoms with Crippen molar-refractivity contribution >= 4 is 27.8 Å². The van der Waals surface area contributed by atoms with Crippen molar-refractivity contribution in [1.29, 1.82) is 0 Å². The summed E-state index contributed by atoms with van der Waals surface area (Å²) in [6.45, 7) is 3.66. The monoisotopic (exact) mass is 408 g/mol. The number of aliphatic carboxylic acids is 1. The Balaban J connectivity index is 1.87. The number of sulfonamides is 1. The first-order valence-electron chi connectivity index (χ1n) is 8.28.